The summed E-state index contributed by atoms with van der Waals surface area (Å²) >= 11 is 1.75. The smallest absolute Gasteiger partial charge is 0.0199 e. The number of benzene rings is 2. The Morgan fingerprint density at radius 2 is 1.80 bits per heavy atom. The minimum absolute atomic E-state index is 1.13. The fourth-order valence-electron chi connectivity index (χ4n) is 1.76. The number of fused-ring (bicyclic) bond motifs is 1. The first-order chi connectivity index (χ1) is 7.18. The van der Waals surface area contributed by atoms with Crippen molar-refractivity contribution in [3.63, 3.8) is 0 Å². The summed E-state index contributed by atoms with van der Waals surface area (Å²) in [6.07, 6.45) is 0. The van der Waals surface area contributed by atoms with Gasteiger partial charge in [0.1, 0.15) is 0 Å². The first-order valence-corrected chi connectivity index (χ1v) is 5.82. The van der Waals surface area contributed by atoms with Crippen molar-refractivity contribution in [2.24, 2.45) is 0 Å². The molecule has 15 heavy (non-hydrogen) atoms. The van der Waals surface area contributed by atoms with E-state index in [1.165, 1.54) is 21.2 Å². The zero-order chi connectivity index (χ0) is 10.8. The lowest BCUT2D eigenvalue weighted by Gasteiger charge is -2.08. The Hall–Kier alpha value is -1.21. The number of hydrogen-bond acceptors (Lipinski definition) is 1. The molecule has 2 aromatic rings. The average Bonchev–Trinajstić information content (AvgIpc) is 2.17. The highest BCUT2D eigenvalue weighted by atomic mass is 32.2. The van der Waals surface area contributed by atoms with Crippen molar-refractivity contribution >= 4 is 22.5 Å². The van der Waals surface area contributed by atoms with Crippen LogP contribution in [0.25, 0.3) is 10.8 Å². The zero-order valence-corrected chi connectivity index (χ0v) is 9.90. The second-order valence-electron chi connectivity index (χ2n) is 3.73. The summed E-state index contributed by atoms with van der Waals surface area (Å²) < 4.78 is 0. The Bertz CT molecular complexity index is 506. The molecular formula is C14H14S. The van der Waals surface area contributed by atoms with Gasteiger partial charge in [-0.1, -0.05) is 48.7 Å². The van der Waals surface area contributed by atoms with Crippen LogP contribution in [0.3, 0.4) is 0 Å². The molecule has 0 bridgehead atoms. The number of hydrogen-bond donors (Lipinski definition) is 0. The van der Waals surface area contributed by atoms with Crippen LogP contribution in [0.5, 0.6) is 0 Å². The molecule has 0 amide bonds. The minimum atomic E-state index is 1.13. The molecule has 0 aromatic heterocycles. The summed E-state index contributed by atoms with van der Waals surface area (Å²) in [6, 6.07) is 12.8. The highest BCUT2D eigenvalue weighted by molar-refractivity contribution is 8.03. The minimum Gasteiger partial charge on any atom is -0.0948 e. The van der Waals surface area contributed by atoms with Gasteiger partial charge in [0.05, 0.1) is 0 Å². The van der Waals surface area contributed by atoms with Gasteiger partial charge in [0.25, 0.3) is 0 Å². The standard InChI is InChI=1S/C14H14S/c1-10(2)15-13-9-5-8-12-7-4-6-11(3)14(12)13/h4-9H,1H2,2-3H3. The van der Waals surface area contributed by atoms with E-state index in [9.17, 15) is 0 Å². The highest BCUT2D eigenvalue weighted by Gasteiger charge is 2.03. The van der Waals surface area contributed by atoms with Gasteiger partial charge in [-0.15, -0.1) is 0 Å². The van der Waals surface area contributed by atoms with Crippen LogP contribution in [0, 0.1) is 6.92 Å². The van der Waals surface area contributed by atoms with Crippen molar-refractivity contribution in [2.45, 2.75) is 18.7 Å². The molecule has 0 radical (unpaired) electrons. The van der Waals surface area contributed by atoms with Gasteiger partial charge in [-0.25, -0.2) is 0 Å². The van der Waals surface area contributed by atoms with Crippen LogP contribution in [-0.4, -0.2) is 0 Å². The van der Waals surface area contributed by atoms with Crippen LogP contribution in [0.2, 0.25) is 0 Å². The molecule has 2 rings (SSSR count). The Balaban J connectivity index is 2.68. The molecule has 76 valence electrons. The van der Waals surface area contributed by atoms with E-state index in [4.69, 9.17) is 0 Å². The lowest BCUT2D eigenvalue weighted by molar-refractivity contribution is 1.45. The third kappa shape index (κ3) is 2.07. The summed E-state index contributed by atoms with van der Waals surface area (Å²) in [5, 5.41) is 2.66. The molecule has 0 aliphatic heterocycles. The van der Waals surface area contributed by atoms with E-state index in [1.807, 2.05) is 6.92 Å². The van der Waals surface area contributed by atoms with Crippen molar-refractivity contribution in [3.05, 3.63) is 53.4 Å². The maximum absolute atomic E-state index is 3.95. The Morgan fingerprint density at radius 1 is 1.13 bits per heavy atom. The van der Waals surface area contributed by atoms with Crippen LogP contribution in [0.4, 0.5) is 0 Å². The summed E-state index contributed by atoms with van der Waals surface area (Å²) in [7, 11) is 0. The maximum Gasteiger partial charge on any atom is 0.0199 e. The lowest BCUT2D eigenvalue weighted by Crippen LogP contribution is -1.81. The quantitative estimate of drug-likeness (QED) is 0.649. The fourth-order valence-corrected chi connectivity index (χ4v) is 2.66. The van der Waals surface area contributed by atoms with Crippen LogP contribution in [-0.2, 0) is 0 Å². The van der Waals surface area contributed by atoms with Crippen LogP contribution < -0.4 is 0 Å². The van der Waals surface area contributed by atoms with Crippen molar-refractivity contribution in [3.8, 4) is 0 Å². The first-order valence-electron chi connectivity index (χ1n) is 5.00. The van der Waals surface area contributed by atoms with E-state index >= 15 is 0 Å². The molecule has 0 nitrogen and oxygen atoms in total. The van der Waals surface area contributed by atoms with E-state index in [-0.39, 0.29) is 0 Å². The van der Waals surface area contributed by atoms with Gasteiger partial charge in [-0.2, -0.15) is 0 Å². The third-order valence-electron chi connectivity index (χ3n) is 2.36. The molecule has 0 unspecified atom stereocenters. The molecule has 0 fully saturated rings. The monoisotopic (exact) mass is 214 g/mol. The fraction of sp³-hybridized carbons (Fsp3) is 0.143. The van der Waals surface area contributed by atoms with Gasteiger partial charge < -0.3 is 0 Å². The number of thioether (sulfide) groups is 1. The van der Waals surface area contributed by atoms with E-state index < -0.39 is 0 Å². The second-order valence-corrected chi connectivity index (χ2v) is 5.07. The Morgan fingerprint density at radius 3 is 2.47 bits per heavy atom. The molecular weight excluding hydrogens is 200 g/mol. The molecule has 2 aromatic carbocycles. The Labute approximate surface area is 95.0 Å². The van der Waals surface area contributed by atoms with E-state index in [2.05, 4.69) is 49.9 Å². The second kappa shape index (κ2) is 4.11. The lowest BCUT2D eigenvalue weighted by atomic mass is 10.1. The van der Waals surface area contributed by atoms with Crippen LogP contribution >= 0.6 is 11.8 Å². The maximum atomic E-state index is 3.95. The van der Waals surface area contributed by atoms with E-state index in [0.29, 0.717) is 0 Å². The van der Waals surface area contributed by atoms with Gasteiger partial charge in [0, 0.05) is 4.90 Å². The Kier molecular flexibility index (Phi) is 2.83. The van der Waals surface area contributed by atoms with Crippen LogP contribution in [0.15, 0.2) is 52.8 Å². The molecule has 0 atom stereocenters. The molecule has 1 heteroatoms. The first kappa shape index (κ1) is 10.3. The summed E-state index contributed by atoms with van der Waals surface area (Å²) in [5.41, 5.74) is 1.33. The summed E-state index contributed by atoms with van der Waals surface area (Å²) in [4.78, 5) is 2.43. The van der Waals surface area contributed by atoms with E-state index in [0.717, 1.165) is 4.91 Å². The highest BCUT2D eigenvalue weighted by Crippen LogP contribution is 2.33. The number of rotatable bonds is 2. The van der Waals surface area contributed by atoms with Crippen molar-refractivity contribution in [1.82, 2.24) is 0 Å². The van der Waals surface area contributed by atoms with Gasteiger partial charge >= 0.3 is 0 Å². The SMILES string of the molecule is C=C(C)Sc1cccc2cccc(C)c12. The van der Waals surface area contributed by atoms with Gasteiger partial charge in [0.15, 0.2) is 0 Å². The average molecular weight is 214 g/mol. The normalized spacial score (nSPS) is 10.5. The molecule has 0 aliphatic carbocycles. The molecule has 0 spiro atoms. The van der Waals surface area contributed by atoms with Crippen molar-refractivity contribution in [2.75, 3.05) is 0 Å². The van der Waals surface area contributed by atoms with Crippen molar-refractivity contribution in [1.29, 1.82) is 0 Å². The van der Waals surface area contributed by atoms with Gasteiger partial charge in [-0.3, -0.25) is 0 Å². The molecule has 0 saturated heterocycles. The number of aryl methyl sites for hydroxylation is 1. The van der Waals surface area contributed by atoms with Crippen LogP contribution in [0.1, 0.15) is 12.5 Å². The predicted octanol–water partition coefficient (Wildman–Crippen LogP) is 4.77. The summed E-state index contributed by atoms with van der Waals surface area (Å²) in [6.45, 7) is 8.15. The molecule has 0 heterocycles. The molecule has 0 saturated carbocycles. The van der Waals surface area contributed by atoms with Gasteiger partial charge in [0.2, 0.25) is 0 Å². The van der Waals surface area contributed by atoms with E-state index in [1.54, 1.807) is 11.8 Å². The topological polar surface area (TPSA) is 0 Å². The third-order valence-corrected chi connectivity index (χ3v) is 3.27. The molecule has 0 aliphatic rings. The molecule has 0 N–H and O–H groups in total. The summed E-state index contributed by atoms with van der Waals surface area (Å²) in [5.74, 6) is 0. The largest absolute Gasteiger partial charge is 0.0948 e. The zero-order valence-electron chi connectivity index (χ0n) is 9.08. The van der Waals surface area contributed by atoms with Gasteiger partial charge in [-0.05, 0) is 41.2 Å². The predicted molar refractivity (Wildman–Crippen MR) is 69.4 cm³/mol. The van der Waals surface area contributed by atoms with Crippen molar-refractivity contribution < 1.29 is 0 Å². The number of allylic oxidation sites excluding steroid dienone is 1.